The second-order valence-electron chi connectivity index (χ2n) is 5.37. The molecule has 2 unspecified atom stereocenters. The third-order valence-corrected chi connectivity index (χ3v) is 3.80. The van der Waals surface area contributed by atoms with Gasteiger partial charge in [-0.2, -0.15) is 0 Å². The van der Waals surface area contributed by atoms with Crippen LogP contribution in [-0.2, 0) is 0 Å². The van der Waals surface area contributed by atoms with Crippen molar-refractivity contribution in [1.82, 2.24) is 0 Å². The Labute approximate surface area is 112 Å². The average Bonchev–Trinajstić information content (AvgIpc) is 2.30. The molecule has 1 saturated heterocycles. The van der Waals surface area contributed by atoms with Crippen molar-refractivity contribution in [3.63, 3.8) is 0 Å². The van der Waals surface area contributed by atoms with E-state index in [9.17, 15) is 9.18 Å². The van der Waals surface area contributed by atoms with Crippen LogP contribution in [0, 0.1) is 11.7 Å². The molecule has 1 aromatic rings. The lowest BCUT2D eigenvalue weighted by atomic mass is 9.92. The molecular formula is C14H19FN2O2. The summed E-state index contributed by atoms with van der Waals surface area (Å²) in [6.07, 6.45) is 1.96. The first-order valence-corrected chi connectivity index (χ1v) is 6.49. The van der Waals surface area contributed by atoms with E-state index < -0.39 is 11.8 Å². The van der Waals surface area contributed by atoms with Crippen LogP contribution in [0.3, 0.4) is 0 Å². The normalized spacial score (nSPS) is 23.4. The molecule has 1 heterocycles. The van der Waals surface area contributed by atoms with E-state index in [2.05, 4.69) is 6.92 Å². The molecule has 4 nitrogen and oxygen atoms in total. The fourth-order valence-electron chi connectivity index (χ4n) is 2.75. The monoisotopic (exact) mass is 266 g/mol. The van der Waals surface area contributed by atoms with Crippen molar-refractivity contribution < 1.29 is 14.3 Å². The Bertz CT molecular complexity index is 504. The summed E-state index contributed by atoms with van der Waals surface area (Å²) >= 11 is 0. The minimum atomic E-state index is -1.13. The van der Waals surface area contributed by atoms with Gasteiger partial charge in [0.2, 0.25) is 0 Å². The summed E-state index contributed by atoms with van der Waals surface area (Å²) in [5.74, 6) is -0.970. The molecule has 2 rings (SSSR count). The van der Waals surface area contributed by atoms with Gasteiger partial charge in [0.15, 0.2) is 0 Å². The molecular weight excluding hydrogens is 247 g/mol. The molecule has 0 spiro atoms. The molecule has 3 N–H and O–H groups in total. The van der Waals surface area contributed by atoms with Crippen LogP contribution in [0.2, 0.25) is 0 Å². The molecule has 0 saturated carbocycles. The number of benzene rings is 1. The van der Waals surface area contributed by atoms with Gasteiger partial charge in [-0.15, -0.1) is 0 Å². The Balaban J connectivity index is 2.39. The topological polar surface area (TPSA) is 66.6 Å². The van der Waals surface area contributed by atoms with Gasteiger partial charge < -0.3 is 15.7 Å². The van der Waals surface area contributed by atoms with E-state index in [0.29, 0.717) is 11.6 Å². The van der Waals surface area contributed by atoms with E-state index in [1.165, 1.54) is 6.07 Å². The molecule has 0 aromatic heterocycles. The van der Waals surface area contributed by atoms with Crippen LogP contribution in [0.25, 0.3) is 0 Å². The van der Waals surface area contributed by atoms with Crippen molar-refractivity contribution in [3.8, 4) is 0 Å². The van der Waals surface area contributed by atoms with Crippen molar-refractivity contribution in [2.45, 2.75) is 32.7 Å². The molecule has 0 radical (unpaired) electrons. The summed E-state index contributed by atoms with van der Waals surface area (Å²) < 4.78 is 14.0. The van der Waals surface area contributed by atoms with Crippen molar-refractivity contribution in [3.05, 3.63) is 23.5 Å². The quantitative estimate of drug-likeness (QED) is 0.808. The molecule has 1 aromatic carbocycles. The molecule has 19 heavy (non-hydrogen) atoms. The van der Waals surface area contributed by atoms with Gasteiger partial charge >= 0.3 is 5.97 Å². The number of hydrogen-bond acceptors (Lipinski definition) is 3. The zero-order valence-corrected chi connectivity index (χ0v) is 11.2. The Morgan fingerprint density at radius 2 is 2.16 bits per heavy atom. The highest BCUT2D eigenvalue weighted by Gasteiger charge is 2.26. The Kier molecular flexibility index (Phi) is 3.64. The molecule has 0 bridgehead atoms. The number of aromatic carboxylic acids is 1. The number of nitrogens with zero attached hydrogens (tertiary/aromatic N) is 1. The van der Waals surface area contributed by atoms with Gasteiger partial charge in [-0.1, -0.05) is 6.92 Å². The van der Waals surface area contributed by atoms with Crippen molar-refractivity contribution in [2.24, 2.45) is 5.92 Å². The fourth-order valence-corrected chi connectivity index (χ4v) is 2.75. The highest BCUT2D eigenvalue weighted by molar-refractivity contribution is 5.95. The van der Waals surface area contributed by atoms with Crippen molar-refractivity contribution in [2.75, 3.05) is 17.2 Å². The first kappa shape index (κ1) is 13.6. The summed E-state index contributed by atoms with van der Waals surface area (Å²) in [5, 5.41) is 9.07. The van der Waals surface area contributed by atoms with Crippen LogP contribution in [-0.4, -0.2) is 23.7 Å². The molecule has 5 heteroatoms. The molecule has 2 atom stereocenters. The highest BCUT2D eigenvalue weighted by Crippen LogP contribution is 2.32. The summed E-state index contributed by atoms with van der Waals surface area (Å²) in [4.78, 5) is 13.0. The largest absolute Gasteiger partial charge is 0.478 e. The van der Waals surface area contributed by atoms with Crippen LogP contribution in [0.1, 0.15) is 37.0 Å². The summed E-state index contributed by atoms with van der Waals surface area (Å²) in [6.45, 7) is 4.95. The van der Waals surface area contributed by atoms with Gasteiger partial charge in [0.1, 0.15) is 5.82 Å². The second-order valence-corrected chi connectivity index (χ2v) is 5.37. The van der Waals surface area contributed by atoms with Crippen LogP contribution in [0.15, 0.2) is 12.1 Å². The number of rotatable bonds is 2. The zero-order chi connectivity index (χ0) is 14.2. The van der Waals surface area contributed by atoms with Gasteiger partial charge in [-0.25, -0.2) is 9.18 Å². The van der Waals surface area contributed by atoms with Crippen LogP contribution in [0.4, 0.5) is 15.8 Å². The number of hydrogen-bond donors (Lipinski definition) is 2. The maximum atomic E-state index is 14.0. The van der Waals surface area contributed by atoms with Crippen molar-refractivity contribution in [1.29, 1.82) is 0 Å². The minimum absolute atomic E-state index is 0.0354. The van der Waals surface area contributed by atoms with E-state index in [1.807, 2.05) is 11.8 Å². The lowest BCUT2D eigenvalue weighted by Crippen LogP contribution is -2.40. The van der Waals surface area contributed by atoms with E-state index in [-0.39, 0.29) is 17.3 Å². The molecule has 1 fully saturated rings. The van der Waals surface area contributed by atoms with Crippen LogP contribution in [0.5, 0.6) is 0 Å². The van der Waals surface area contributed by atoms with Crippen molar-refractivity contribution >= 4 is 17.3 Å². The SMILES string of the molecule is CC1CCN(c2cc(C(=O)O)c(N)cc2F)C(C)C1. The number of anilines is 2. The number of nitrogens with two attached hydrogens (primary N) is 1. The minimum Gasteiger partial charge on any atom is -0.478 e. The number of carboxylic acid groups (broad SMARTS) is 1. The van der Waals surface area contributed by atoms with Crippen LogP contribution < -0.4 is 10.6 Å². The summed E-state index contributed by atoms with van der Waals surface area (Å²) in [7, 11) is 0. The maximum Gasteiger partial charge on any atom is 0.337 e. The predicted octanol–water partition coefficient (Wildman–Crippen LogP) is 2.73. The molecule has 1 aliphatic heterocycles. The molecule has 0 aliphatic carbocycles. The Morgan fingerprint density at radius 3 is 2.74 bits per heavy atom. The van der Waals surface area contributed by atoms with Gasteiger partial charge in [0.05, 0.1) is 11.3 Å². The highest BCUT2D eigenvalue weighted by atomic mass is 19.1. The number of carboxylic acids is 1. The van der Waals surface area contributed by atoms with Gasteiger partial charge in [0, 0.05) is 18.3 Å². The molecule has 104 valence electrons. The molecule has 0 amide bonds. The molecule has 1 aliphatic rings. The smallest absolute Gasteiger partial charge is 0.337 e. The lowest BCUT2D eigenvalue weighted by molar-refractivity contribution is 0.0698. The average molecular weight is 266 g/mol. The first-order chi connectivity index (χ1) is 8.90. The van der Waals surface area contributed by atoms with E-state index in [4.69, 9.17) is 10.8 Å². The summed E-state index contributed by atoms with van der Waals surface area (Å²) in [6, 6.07) is 2.65. The van der Waals surface area contributed by atoms with Gasteiger partial charge in [0.25, 0.3) is 0 Å². The Morgan fingerprint density at radius 1 is 1.47 bits per heavy atom. The zero-order valence-electron chi connectivity index (χ0n) is 11.2. The third kappa shape index (κ3) is 2.64. The predicted molar refractivity (Wildman–Crippen MR) is 73.0 cm³/mol. The number of piperidine rings is 1. The Hall–Kier alpha value is -1.78. The number of carbonyl (C=O) groups is 1. The van der Waals surface area contributed by atoms with Gasteiger partial charge in [-0.05, 0) is 37.8 Å². The second kappa shape index (κ2) is 5.07. The lowest BCUT2D eigenvalue weighted by Gasteiger charge is -2.38. The first-order valence-electron chi connectivity index (χ1n) is 6.49. The third-order valence-electron chi connectivity index (χ3n) is 3.80. The van der Waals surface area contributed by atoms with E-state index in [0.717, 1.165) is 25.5 Å². The van der Waals surface area contributed by atoms with Gasteiger partial charge in [-0.3, -0.25) is 0 Å². The summed E-state index contributed by atoms with van der Waals surface area (Å²) in [5.41, 5.74) is 5.80. The maximum absolute atomic E-state index is 14.0. The van der Waals surface area contributed by atoms with Crippen LogP contribution >= 0.6 is 0 Å². The number of nitrogen functional groups attached to an aromatic ring is 1. The number of halogens is 1. The van der Waals surface area contributed by atoms with E-state index in [1.54, 1.807) is 0 Å². The fraction of sp³-hybridized carbons (Fsp3) is 0.500. The van der Waals surface area contributed by atoms with E-state index >= 15 is 0 Å². The standard InChI is InChI=1S/C14H19FN2O2/c1-8-3-4-17(9(2)5-8)13-6-10(14(18)19)12(16)7-11(13)15/h6-9H,3-5,16H2,1-2H3,(H,18,19).